The Morgan fingerprint density at radius 2 is 1.75 bits per heavy atom. The van der Waals surface area contributed by atoms with Crippen LogP contribution in [0.3, 0.4) is 0 Å². The monoisotopic (exact) mass is 559 g/mol. The molecule has 11 nitrogen and oxygen atoms in total. The number of carboxylic acids is 1. The summed E-state index contributed by atoms with van der Waals surface area (Å²) in [5.41, 5.74) is 5.42. The van der Waals surface area contributed by atoms with Crippen LogP contribution in [0.2, 0.25) is 0 Å². The number of carbonyl (C=O) groups excluding carboxylic acids is 2. The van der Waals surface area contributed by atoms with Crippen molar-refractivity contribution in [1.29, 1.82) is 5.41 Å². The molecule has 1 heterocycles. The zero-order valence-corrected chi connectivity index (χ0v) is 19.0. The molecule has 0 saturated carbocycles. The SMILES string of the molecule is C.N=C(N)c1ccc(OC(=O)c2ccc(CCC(=O)NCP(=O)(O)O)s2)c(F)c1.O=C(O)C(F)(F)F. The van der Waals surface area contributed by atoms with Gasteiger partial charge in [-0.25, -0.2) is 14.0 Å². The Bertz CT molecular complexity index is 1150. The summed E-state index contributed by atoms with van der Waals surface area (Å²) in [6, 6.07) is 6.61. The van der Waals surface area contributed by atoms with Gasteiger partial charge in [-0.3, -0.25) is 14.8 Å². The second-order valence-electron chi connectivity index (χ2n) is 6.44. The molecule has 0 aliphatic rings. The van der Waals surface area contributed by atoms with Crippen molar-refractivity contribution in [2.75, 3.05) is 6.29 Å². The number of esters is 1. The minimum atomic E-state index is -5.08. The third kappa shape index (κ3) is 11.9. The van der Waals surface area contributed by atoms with Crippen molar-refractivity contribution in [2.45, 2.75) is 26.4 Å². The van der Waals surface area contributed by atoms with Gasteiger partial charge in [-0.2, -0.15) is 13.2 Å². The molecule has 0 radical (unpaired) electrons. The lowest BCUT2D eigenvalue weighted by Gasteiger charge is -2.06. The summed E-state index contributed by atoms with van der Waals surface area (Å²) in [5.74, 6) is -5.52. The lowest BCUT2D eigenvalue weighted by Crippen LogP contribution is -2.24. The lowest BCUT2D eigenvalue weighted by molar-refractivity contribution is -0.192. The van der Waals surface area contributed by atoms with Gasteiger partial charge in [0.2, 0.25) is 5.91 Å². The first kappa shape index (κ1) is 32.7. The van der Waals surface area contributed by atoms with Crippen molar-refractivity contribution in [2.24, 2.45) is 5.73 Å². The average Bonchev–Trinajstić information content (AvgIpc) is 3.20. The number of carboxylic acid groups (broad SMARTS) is 1. The number of aryl methyl sites for hydroxylation is 1. The second-order valence-corrected chi connectivity index (χ2v) is 9.25. The van der Waals surface area contributed by atoms with E-state index in [0.29, 0.717) is 4.88 Å². The summed E-state index contributed by atoms with van der Waals surface area (Å²) in [6.45, 7) is 0. The number of aliphatic carboxylic acids is 1. The predicted molar refractivity (Wildman–Crippen MR) is 120 cm³/mol. The van der Waals surface area contributed by atoms with E-state index in [2.05, 4.69) is 5.32 Å². The number of ether oxygens (including phenoxy) is 1. The van der Waals surface area contributed by atoms with E-state index in [-0.39, 0.29) is 42.3 Å². The zero-order valence-electron chi connectivity index (χ0n) is 17.3. The molecule has 0 aliphatic carbocycles. The van der Waals surface area contributed by atoms with Gasteiger partial charge in [-0.15, -0.1) is 11.3 Å². The molecule has 0 atom stereocenters. The summed E-state index contributed by atoms with van der Waals surface area (Å²) in [7, 11) is -4.31. The summed E-state index contributed by atoms with van der Waals surface area (Å²) in [6.07, 6.45) is -5.58. The molecule has 0 saturated heterocycles. The minimum absolute atomic E-state index is 0. The molecule has 17 heteroatoms. The van der Waals surface area contributed by atoms with Crippen LogP contribution in [0.5, 0.6) is 5.75 Å². The normalized spacial score (nSPS) is 10.8. The third-order valence-corrected chi connectivity index (χ3v) is 5.33. The first-order valence-corrected chi connectivity index (χ1v) is 11.7. The van der Waals surface area contributed by atoms with Gasteiger partial charge in [0.25, 0.3) is 0 Å². The van der Waals surface area contributed by atoms with Gasteiger partial charge in [-0.1, -0.05) is 7.43 Å². The predicted octanol–water partition coefficient (Wildman–Crippen LogP) is 2.84. The number of hydrogen-bond acceptors (Lipinski definition) is 7. The van der Waals surface area contributed by atoms with Crippen LogP contribution in [0.25, 0.3) is 0 Å². The Morgan fingerprint density at radius 3 is 2.22 bits per heavy atom. The topological polar surface area (TPSA) is 200 Å². The molecule has 0 unspecified atom stereocenters. The van der Waals surface area contributed by atoms with Gasteiger partial charge in [0.15, 0.2) is 11.6 Å². The molecule has 36 heavy (non-hydrogen) atoms. The molecule has 1 aromatic carbocycles. The molecule has 0 bridgehead atoms. The van der Waals surface area contributed by atoms with Crippen LogP contribution in [-0.2, 0) is 20.6 Å². The maximum absolute atomic E-state index is 13.9. The molecule has 7 N–H and O–H groups in total. The number of halogens is 4. The fraction of sp³-hybridized carbons (Fsp3) is 0.263. The molecular weight excluding hydrogens is 537 g/mol. The highest BCUT2D eigenvalue weighted by Crippen LogP contribution is 2.32. The summed E-state index contributed by atoms with van der Waals surface area (Å²) in [5, 5.41) is 16.5. The number of nitrogens with one attached hydrogen (secondary N) is 2. The minimum Gasteiger partial charge on any atom is -0.475 e. The van der Waals surface area contributed by atoms with Gasteiger partial charge >= 0.3 is 25.7 Å². The van der Waals surface area contributed by atoms with Gasteiger partial charge in [0.1, 0.15) is 17.0 Å². The second kappa shape index (κ2) is 13.7. The quantitative estimate of drug-likeness (QED) is 0.0703. The Labute approximate surface area is 205 Å². The molecule has 2 rings (SSSR count). The van der Waals surface area contributed by atoms with Gasteiger partial charge in [0.05, 0.1) is 0 Å². The Kier molecular flexibility index (Phi) is 12.4. The lowest BCUT2D eigenvalue weighted by atomic mass is 10.2. The zero-order chi connectivity index (χ0) is 27.0. The van der Waals surface area contributed by atoms with Crippen molar-refractivity contribution in [3.05, 3.63) is 51.5 Å². The number of amidine groups is 1. The molecule has 200 valence electrons. The van der Waals surface area contributed by atoms with E-state index in [4.69, 9.17) is 35.6 Å². The summed E-state index contributed by atoms with van der Waals surface area (Å²) in [4.78, 5) is 50.9. The van der Waals surface area contributed by atoms with Gasteiger partial charge in [-0.05, 0) is 36.8 Å². The highest BCUT2D eigenvalue weighted by atomic mass is 32.1. The number of amides is 1. The maximum atomic E-state index is 13.9. The molecule has 0 spiro atoms. The van der Waals surface area contributed by atoms with Crippen LogP contribution in [0.15, 0.2) is 30.3 Å². The van der Waals surface area contributed by atoms with E-state index in [9.17, 15) is 31.7 Å². The number of carbonyl (C=O) groups is 3. The smallest absolute Gasteiger partial charge is 0.475 e. The standard InChI is InChI=1S/C16H17FN3O6PS.C2HF3O2.CH4/c17-11-7-9(15(18)19)1-4-12(11)26-16(22)13-5-2-10(28-13)3-6-14(21)20-8-27(23,24)25;3-2(4,5)1(6)7;/h1-2,4-5,7H,3,6,8H2,(H3,18,19)(H,20,21)(H2,23,24,25);(H,6,7);1H4. The molecule has 0 fully saturated rings. The average molecular weight is 559 g/mol. The Hall–Kier alpha value is -3.33. The highest BCUT2D eigenvalue weighted by molar-refractivity contribution is 7.51. The third-order valence-electron chi connectivity index (χ3n) is 3.63. The number of thiophene rings is 1. The van der Waals surface area contributed by atoms with E-state index >= 15 is 0 Å². The molecular formula is C19H22F4N3O8PS. The van der Waals surface area contributed by atoms with Crippen molar-refractivity contribution >= 4 is 42.6 Å². The van der Waals surface area contributed by atoms with E-state index in [0.717, 1.165) is 17.4 Å². The fourth-order valence-corrected chi connectivity index (χ4v) is 3.31. The van der Waals surface area contributed by atoms with Crippen molar-refractivity contribution in [1.82, 2.24) is 5.32 Å². The first-order chi connectivity index (χ1) is 16.0. The first-order valence-electron chi connectivity index (χ1n) is 9.06. The van der Waals surface area contributed by atoms with E-state index < -0.39 is 43.7 Å². The van der Waals surface area contributed by atoms with Gasteiger partial charge in [0, 0.05) is 16.9 Å². The summed E-state index contributed by atoms with van der Waals surface area (Å²) < 4.78 is 61.4. The van der Waals surface area contributed by atoms with Crippen molar-refractivity contribution < 1.29 is 56.1 Å². The van der Waals surface area contributed by atoms with Crippen LogP contribution in [0.4, 0.5) is 17.6 Å². The largest absolute Gasteiger partial charge is 0.490 e. The number of alkyl halides is 3. The van der Waals surface area contributed by atoms with Gasteiger partial charge < -0.3 is 30.7 Å². The number of nitrogen functional groups attached to an aromatic ring is 1. The van der Waals surface area contributed by atoms with E-state index in [1.807, 2.05) is 0 Å². The highest BCUT2D eigenvalue weighted by Gasteiger charge is 2.38. The Morgan fingerprint density at radius 1 is 1.17 bits per heavy atom. The molecule has 1 aromatic heterocycles. The fourth-order valence-electron chi connectivity index (χ4n) is 2.04. The van der Waals surface area contributed by atoms with Crippen LogP contribution >= 0.6 is 18.9 Å². The Balaban J connectivity index is 0.00000134. The van der Waals surface area contributed by atoms with Crippen LogP contribution < -0.4 is 15.8 Å². The molecule has 2 aromatic rings. The summed E-state index contributed by atoms with van der Waals surface area (Å²) >= 11 is 1.06. The van der Waals surface area contributed by atoms with Crippen LogP contribution in [-0.4, -0.2) is 51.0 Å². The molecule has 1 amide bonds. The van der Waals surface area contributed by atoms with Crippen LogP contribution in [0.1, 0.15) is 34.0 Å². The number of hydrogen-bond donors (Lipinski definition) is 6. The maximum Gasteiger partial charge on any atom is 0.490 e. The number of nitrogens with two attached hydrogens (primary N) is 1. The van der Waals surface area contributed by atoms with E-state index in [1.165, 1.54) is 18.2 Å². The molecule has 0 aliphatic heterocycles. The van der Waals surface area contributed by atoms with Crippen LogP contribution in [0, 0.1) is 11.2 Å². The van der Waals surface area contributed by atoms with E-state index in [1.54, 1.807) is 6.07 Å². The van der Waals surface area contributed by atoms with Crippen molar-refractivity contribution in [3.63, 3.8) is 0 Å². The number of benzene rings is 1. The number of rotatable bonds is 8. The van der Waals surface area contributed by atoms with Crippen molar-refractivity contribution in [3.8, 4) is 5.75 Å².